The highest BCUT2D eigenvalue weighted by atomic mass is 19.4. The topological polar surface area (TPSA) is 61.8 Å². The van der Waals surface area contributed by atoms with Gasteiger partial charge in [-0.25, -0.2) is 4.79 Å². The number of hydrogen-bond donors (Lipinski definition) is 0. The first-order chi connectivity index (χ1) is 13.5. The van der Waals surface area contributed by atoms with Gasteiger partial charge in [0.1, 0.15) is 22.8 Å². The molecule has 2 aromatic rings. The zero-order valence-electron chi connectivity index (χ0n) is 15.9. The normalized spacial score (nSPS) is 11.9. The van der Waals surface area contributed by atoms with Crippen molar-refractivity contribution in [2.75, 3.05) is 0 Å². The van der Waals surface area contributed by atoms with Gasteiger partial charge in [-0.15, -0.1) is 13.2 Å². The van der Waals surface area contributed by atoms with Crippen LogP contribution < -0.4 is 9.47 Å². The van der Waals surface area contributed by atoms with Crippen LogP contribution in [0, 0.1) is 0 Å². The van der Waals surface area contributed by atoms with E-state index in [9.17, 15) is 22.8 Å². The Hall–Kier alpha value is -3.29. The molecule has 5 nitrogen and oxygen atoms in total. The lowest BCUT2D eigenvalue weighted by molar-refractivity contribution is -0.274. The number of aldehydes is 1. The largest absolute Gasteiger partial charge is 0.573 e. The van der Waals surface area contributed by atoms with E-state index < -0.39 is 23.7 Å². The van der Waals surface area contributed by atoms with Crippen molar-refractivity contribution in [3.63, 3.8) is 0 Å². The molecule has 0 N–H and O–H groups in total. The van der Waals surface area contributed by atoms with Crippen molar-refractivity contribution in [3.05, 3.63) is 59.7 Å². The van der Waals surface area contributed by atoms with Crippen LogP contribution in [0.2, 0.25) is 0 Å². The summed E-state index contributed by atoms with van der Waals surface area (Å²) in [7, 11) is 0. The highest BCUT2D eigenvalue weighted by molar-refractivity contribution is 5.91. The van der Waals surface area contributed by atoms with Crippen molar-refractivity contribution in [1.29, 1.82) is 0 Å². The van der Waals surface area contributed by atoms with Crippen LogP contribution in [-0.4, -0.2) is 24.2 Å². The summed E-state index contributed by atoms with van der Waals surface area (Å²) in [6.07, 6.45) is -1.61. The van der Waals surface area contributed by atoms with Crippen molar-refractivity contribution < 1.29 is 37.0 Å². The van der Waals surface area contributed by atoms with Crippen molar-refractivity contribution in [2.24, 2.45) is 0 Å². The van der Waals surface area contributed by atoms with Crippen LogP contribution >= 0.6 is 0 Å². The summed E-state index contributed by atoms with van der Waals surface area (Å²) < 4.78 is 51.2. The molecular formula is C21H19F3O5. The Bertz CT molecular complexity index is 894. The molecule has 0 saturated carbocycles. The fourth-order valence-electron chi connectivity index (χ4n) is 2.25. The molecule has 0 heterocycles. The van der Waals surface area contributed by atoms with Gasteiger partial charge in [-0.2, -0.15) is 0 Å². The van der Waals surface area contributed by atoms with E-state index in [0.29, 0.717) is 11.8 Å². The molecule has 0 aliphatic heterocycles. The molecule has 0 saturated heterocycles. The molecule has 0 fully saturated rings. The molecule has 29 heavy (non-hydrogen) atoms. The molecule has 0 radical (unpaired) electrons. The fourth-order valence-corrected chi connectivity index (χ4v) is 2.25. The minimum atomic E-state index is -4.79. The summed E-state index contributed by atoms with van der Waals surface area (Å²) in [4.78, 5) is 23.4. The van der Waals surface area contributed by atoms with E-state index in [2.05, 4.69) is 4.74 Å². The molecule has 0 aromatic heterocycles. The van der Waals surface area contributed by atoms with Crippen LogP contribution in [0.25, 0.3) is 6.08 Å². The van der Waals surface area contributed by atoms with Crippen LogP contribution in [0.3, 0.4) is 0 Å². The minimum Gasteiger partial charge on any atom is -0.457 e. The van der Waals surface area contributed by atoms with Gasteiger partial charge in [-0.05, 0) is 62.7 Å². The Kier molecular flexibility index (Phi) is 6.68. The molecule has 0 unspecified atom stereocenters. The standard InChI is InChI=1S/C21H19F3O5/c1-20(2,3)29-19(26)12-7-14-5-4-6-18(17(14)13-25)27-15-8-10-16(11-9-15)28-21(22,23)24/h4-13H,1-3H3/b12-7+. The van der Waals surface area contributed by atoms with Crippen LogP contribution in [0.1, 0.15) is 36.7 Å². The van der Waals surface area contributed by atoms with Gasteiger partial charge in [0.2, 0.25) is 0 Å². The summed E-state index contributed by atoms with van der Waals surface area (Å²) in [5, 5.41) is 0. The molecule has 0 atom stereocenters. The highest BCUT2D eigenvalue weighted by Crippen LogP contribution is 2.30. The van der Waals surface area contributed by atoms with Crippen molar-refractivity contribution >= 4 is 18.3 Å². The number of hydrogen-bond acceptors (Lipinski definition) is 5. The van der Waals surface area contributed by atoms with E-state index in [0.717, 1.165) is 12.1 Å². The number of carbonyl (C=O) groups is 2. The van der Waals surface area contributed by atoms with E-state index in [1.807, 2.05) is 0 Å². The summed E-state index contributed by atoms with van der Waals surface area (Å²) in [5.41, 5.74) is -0.0645. The van der Waals surface area contributed by atoms with Gasteiger partial charge >= 0.3 is 12.3 Å². The van der Waals surface area contributed by atoms with Gasteiger partial charge in [-0.1, -0.05) is 12.1 Å². The number of benzene rings is 2. The van der Waals surface area contributed by atoms with E-state index in [1.165, 1.54) is 30.4 Å². The van der Waals surface area contributed by atoms with E-state index >= 15 is 0 Å². The summed E-state index contributed by atoms with van der Waals surface area (Å²) in [6, 6.07) is 9.48. The maximum Gasteiger partial charge on any atom is 0.573 e. The third kappa shape index (κ3) is 7.33. The summed E-state index contributed by atoms with van der Waals surface area (Å²) in [6.45, 7) is 5.19. The number of ether oxygens (including phenoxy) is 3. The molecule has 2 rings (SSSR count). The predicted octanol–water partition coefficient (Wildman–Crippen LogP) is 5.54. The minimum absolute atomic E-state index is 0.169. The molecule has 8 heteroatoms. The van der Waals surface area contributed by atoms with Crippen LogP contribution in [0.5, 0.6) is 17.2 Å². The smallest absolute Gasteiger partial charge is 0.457 e. The second-order valence-electron chi connectivity index (χ2n) is 6.86. The molecule has 0 spiro atoms. The Morgan fingerprint density at radius 2 is 1.59 bits per heavy atom. The Morgan fingerprint density at radius 1 is 0.966 bits per heavy atom. The second-order valence-corrected chi connectivity index (χ2v) is 6.86. The third-order valence-corrected chi connectivity index (χ3v) is 3.31. The average Bonchev–Trinajstić information content (AvgIpc) is 2.59. The quantitative estimate of drug-likeness (QED) is 0.357. The lowest BCUT2D eigenvalue weighted by Crippen LogP contribution is -2.22. The van der Waals surface area contributed by atoms with Gasteiger partial charge in [0, 0.05) is 6.08 Å². The van der Waals surface area contributed by atoms with Crippen LogP contribution in [0.4, 0.5) is 13.2 Å². The van der Waals surface area contributed by atoms with Gasteiger partial charge in [0.05, 0.1) is 5.56 Å². The number of carbonyl (C=O) groups excluding carboxylic acids is 2. The molecule has 0 aliphatic carbocycles. The average molecular weight is 408 g/mol. The SMILES string of the molecule is CC(C)(C)OC(=O)/C=C/c1cccc(Oc2ccc(OC(F)(F)F)cc2)c1C=O. The first kappa shape index (κ1) is 22.0. The highest BCUT2D eigenvalue weighted by Gasteiger charge is 2.31. The number of halogens is 3. The molecule has 154 valence electrons. The van der Waals surface area contributed by atoms with E-state index in [4.69, 9.17) is 9.47 Å². The molecule has 0 aliphatic rings. The van der Waals surface area contributed by atoms with Crippen molar-refractivity contribution in [1.82, 2.24) is 0 Å². The number of esters is 1. The second kappa shape index (κ2) is 8.81. The fraction of sp³-hybridized carbons (Fsp3) is 0.238. The van der Waals surface area contributed by atoms with Crippen LogP contribution in [0.15, 0.2) is 48.5 Å². The van der Waals surface area contributed by atoms with Gasteiger partial charge < -0.3 is 14.2 Å². The van der Waals surface area contributed by atoms with E-state index in [1.54, 1.807) is 32.9 Å². The van der Waals surface area contributed by atoms with Gasteiger partial charge in [0.25, 0.3) is 0 Å². The van der Waals surface area contributed by atoms with Gasteiger partial charge in [0.15, 0.2) is 6.29 Å². The maximum atomic E-state index is 12.2. The third-order valence-electron chi connectivity index (χ3n) is 3.31. The van der Waals surface area contributed by atoms with Crippen molar-refractivity contribution in [2.45, 2.75) is 32.7 Å². The Balaban J connectivity index is 2.19. The Morgan fingerprint density at radius 3 is 2.14 bits per heavy atom. The summed E-state index contributed by atoms with van der Waals surface area (Å²) in [5.74, 6) is -0.581. The molecule has 0 amide bonds. The van der Waals surface area contributed by atoms with Crippen LogP contribution in [-0.2, 0) is 9.53 Å². The van der Waals surface area contributed by atoms with Crippen molar-refractivity contribution in [3.8, 4) is 17.2 Å². The first-order valence-electron chi connectivity index (χ1n) is 8.50. The predicted molar refractivity (Wildman–Crippen MR) is 99.9 cm³/mol. The monoisotopic (exact) mass is 408 g/mol. The molecule has 0 bridgehead atoms. The lowest BCUT2D eigenvalue weighted by Gasteiger charge is -2.18. The zero-order chi connectivity index (χ0) is 21.7. The number of rotatable bonds is 6. The zero-order valence-corrected chi connectivity index (χ0v) is 15.9. The number of alkyl halides is 3. The summed E-state index contributed by atoms with van der Waals surface area (Å²) >= 11 is 0. The first-order valence-corrected chi connectivity index (χ1v) is 8.50. The Labute approximate surface area is 165 Å². The maximum absolute atomic E-state index is 12.2. The molecule has 2 aromatic carbocycles. The lowest BCUT2D eigenvalue weighted by atomic mass is 10.1. The van der Waals surface area contributed by atoms with Gasteiger partial charge in [-0.3, -0.25) is 4.79 Å². The van der Waals surface area contributed by atoms with E-state index in [-0.39, 0.29) is 17.1 Å². The molecular weight excluding hydrogens is 389 g/mol.